The normalized spacial score (nSPS) is 24.9. The number of carbonyl (C=O) groups excluding carboxylic acids is 1. The molecule has 0 bridgehead atoms. The number of rotatable bonds is 4. The van der Waals surface area contributed by atoms with E-state index in [2.05, 4.69) is 48.7 Å². The van der Waals surface area contributed by atoms with Crippen molar-refractivity contribution >= 4 is 28.7 Å². The van der Waals surface area contributed by atoms with Gasteiger partial charge in [-0.25, -0.2) is 4.40 Å². The van der Waals surface area contributed by atoms with E-state index < -0.39 is 11.1 Å². The number of thiol groups is 1. The van der Waals surface area contributed by atoms with Crippen LogP contribution in [0.3, 0.4) is 0 Å². The van der Waals surface area contributed by atoms with Crippen LogP contribution in [0.4, 0.5) is 0 Å². The second kappa shape index (κ2) is 8.02. The summed E-state index contributed by atoms with van der Waals surface area (Å²) in [7, 11) is 0. The zero-order valence-electron chi connectivity index (χ0n) is 18.3. The van der Waals surface area contributed by atoms with E-state index in [4.69, 9.17) is 9.13 Å². The highest BCUT2D eigenvalue weighted by Gasteiger charge is 2.41. The number of carbonyl (C=O) groups is 1. The van der Waals surface area contributed by atoms with Crippen molar-refractivity contribution in [2.75, 3.05) is 13.2 Å². The number of fused-ring (bicyclic) bond motifs is 2. The average molecular weight is 442 g/mol. The molecule has 4 heteroatoms. The lowest BCUT2D eigenvalue weighted by atomic mass is 9.83. The van der Waals surface area contributed by atoms with Crippen LogP contribution in [0.1, 0.15) is 51.6 Å². The van der Waals surface area contributed by atoms with Crippen molar-refractivity contribution in [3.8, 4) is 11.1 Å². The number of benzene rings is 2. The van der Waals surface area contributed by atoms with Gasteiger partial charge in [0.05, 0.1) is 18.5 Å². The van der Waals surface area contributed by atoms with E-state index in [0.717, 1.165) is 48.1 Å². The first-order valence-corrected chi connectivity index (χ1v) is 12.9. The molecule has 0 amide bonds. The fourth-order valence-corrected chi connectivity index (χ4v) is 7.25. The molecule has 0 radical (unpaired) electrons. The first-order chi connectivity index (χ1) is 15.7. The molecule has 3 nitrogen and oxygen atoms in total. The first kappa shape index (κ1) is 20.0. The topological polar surface area (TPSA) is 38.7 Å². The molecule has 2 aromatic carbocycles. The van der Waals surface area contributed by atoms with Crippen LogP contribution < -0.4 is 0 Å². The molecule has 2 aliphatic carbocycles. The molecule has 0 spiro atoms. The molecule has 2 heterocycles. The number of nitrogens with zero attached hydrogens (tertiary/aromatic N) is 1. The van der Waals surface area contributed by atoms with Gasteiger partial charge in [0.15, 0.2) is 5.78 Å². The smallest absolute Gasteiger partial charge is 0.166 e. The highest BCUT2D eigenvalue weighted by atomic mass is 32.2. The molecule has 32 heavy (non-hydrogen) atoms. The lowest BCUT2D eigenvalue weighted by Crippen LogP contribution is -2.11. The van der Waals surface area contributed by atoms with Crippen LogP contribution in [0.2, 0.25) is 0 Å². The molecule has 6 rings (SSSR count). The summed E-state index contributed by atoms with van der Waals surface area (Å²) in [6, 6.07) is 12.8. The summed E-state index contributed by atoms with van der Waals surface area (Å²) in [5.41, 5.74) is 9.70. The van der Waals surface area contributed by atoms with Gasteiger partial charge in [-0.3, -0.25) is 4.79 Å². The zero-order valence-corrected chi connectivity index (χ0v) is 19.1. The number of Topliss-reactive ketones (excluding diaryl/α,β-unsaturated/α-hetero) is 1. The van der Waals surface area contributed by atoms with Crippen LogP contribution in [0.5, 0.6) is 0 Å². The summed E-state index contributed by atoms with van der Waals surface area (Å²) in [5.74, 6) is 0.517. The molecule has 0 aromatic heterocycles. The molecule has 162 valence electrons. The monoisotopic (exact) mass is 441 g/mol. The Morgan fingerprint density at radius 2 is 1.94 bits per heavy atom. The third-order valence-electron chi connectivity index (χ3n) is 6.89. The van der Waals surface area contributed by atoms with E-state index in [-0.39, 0.29) is 11.2 Å². The summed E-state index contributed by atoms with van der Waals surface area (Å²) in [6.07, 6.45) is 11.0. The van der Waals surface area contributed by atoms with Gasteiger partial charge in [-0.05, 0) is 71.1 Å². The van der Waals surface area contributed by atoms with Crippen molar-refractivity contribution in [2.24, 2.45) is 10.3 Å². The van der Waals surface area contributed by atoms with E-state index >= 15 is 0 Å². The Labute approximate surface area is 192 Å². The number of ketones is 1. The number of ether oxygens (including phenoxy) is 1. The van der Waals surface area contributed by atoms with E-state index in [9.17, 15) is 4.79 Å². The lowest BCUT2D eigenvalue weighted by molar-refractivity contribution is 0.0967. The van der Waals surface area contributed by atoms with Gasteiger partial charge in [0.2, 0.25) is 0 Å². The number of hydrogen-bond acceptors (Lipinski definition) is 3. The SMILES string of the molecule is Cc1cc2c(c(-c3ccccc3)c1C(=O)C1CC1)C1=C(COCC1)C2[SH]1C=CC=CC=N1. The summed E-state index contributed by atoms with van der Waals surface area (Å²) < 4.78 is 10.9. The van der Waals surface area contributed by atoms with Crippen LogP contribution in [0.25, 0.3) is 16.7 Å². The van der Waals surface area contributed by atoms with Crippen molar-refractivity contribution in [3.63, 3.8) is 0 Å². The highest BCUT2D eigenvalue weighted by Crippen LogP contribution is 2.60. The molecule has 2 aliphatic heterocycles. The highest BCUT2D eigenvalue weighted by molar-refractivity contribution is 8.18. The van der Waals surface area contributed by atoms with E-state index in [1.165, 1.54) is 22.3 Å². The quantitative estimate of drug-likeness (QED) is 0.431. The Hall–Kier alpha value is -2.69. The molecule has 2 unspecified atom stereocenters. The van der Waals surface area contributed by atoms with Crippen molar-refractivity contribution in [2.45, 2.75) is 31.4 Å². The van der Waals surface area contributed by atoms with Crippen LogP contribution in [0.15, 0.2) is 70.0 Å². The summed E-state index contributed by atoms with van der Waals surface area (Å²) in [5, 5.41) is 2.48. The van der Waals surface area contributed by atoms with Crippen LogP contribution in [0, 0.1) is 12.8 Å². The molecule has 0 saturated heterocycles. The molecular weight excluding hydrogens is 414 g/mol. The van der Waals surface area contributed by atoms with Crippen LogP contribution >= 0.6 is 11.1 Å². The van der Waals surface area contributed by atoms with Crippen molar-refractivity contribution in [3.05, 3.63) is 87.9 Å². The number of aryl methyl sites for hydroxylation is 1. The molecule has 1 saturated carbocycles. The van der Waals surface area contributed by atoms with Gasteiger partial charge in [-0.15, -0.1) is 11.1 Å². The van der Waals surface area contributed by atoms with Gasteiger partial charge < -0.3 is 4.74 Å². The minimum atomic E-state index is -0.745. The summed E-state index contributed by atoms with van der Waals surface area (Å²) >= 11 is -0.745. The minimum absolute atomic E-state index is 0.194. The maximum absolute atomic E-state index is 13.5. The third-order valence-corrected chi connectivity index (χ3v) is 8.89. The molecule has 4 aliphatic rings. The minimum Gasteiger partial charge on any atom is -0.377 e. The molecular formula is C28H27NO2S. The van der Waals surface area contributed by atoms with Gasteiger partial charge in [0, 0.05) is 23.3 Å². The maximum atomic E-state index is 13.5. The molecule has 2 atom stereocenters. The van der Waals surface area contributed by atoms with Gasteiger partial charge in [0.25, 0.3) is 0 Å². The standard InChI is InChI=1S/C28H27NO2S/c1-18-16-22-26(25(19-8-4-2-5-9-19)24(18)27(30)20-10-11-20)21-12-14-31-17-23(21)28(22)32-15-7-3-6-13-29-32/h2-9,13,15-16,20,28,32H,10-12,14,17H2,1H3. The molecule has 0 N–H and O–H groups in total. The van der Waals surface area contributed by atoms with Gasteiger partial charge in [-0.1, -0.05) is 48.6 Å². The number of allylic oxidation sites excluding steroid dienone is 3. The van der Waals surface area contributed by atoms with Crippen LogP contribution in [-0.2, 0) is 4.74 Å². The Morgan fingerprint density at radius 1 is 1.09 bits per heavy atom. The Morgan fingerprint density at radius 3 is 2.75 bits per heavy atom. The van der Waals surface area contributed by atoms with Gasteiger partial charge >= 0.3 is 0 Å². The van der Waals surface area contributed by atoms with Gasteiger partial charge in [0.1, 0.15) is 0 Å². The maximum Gasteiger partial charge on any atom is 0.166 e. The fraction of sp³-hybridized carbons (Fsp3) is 0.286. The number of hydrogen-bond donors (Lipinski definition) is 1. The van der Waals surface area contributed by atoms with E-state index in [0.29, 0.717) is 12.4 Å². The Bertz CT molecular complexity index is 1200. The third kappa shape index (κ3) is 3.25. The molecule has 1 fully saturated rings. The second-order valence-corrected chi connectivity index (χ2v) is 10.8. The Balaban J connectivity index is 1.64. The van der Waals surface area contributed by atoms with Crippen LogP contribution in [-0.4, -0.2) is 25.2 Å². The first-order valence-electron chi connectivity index (χ1n) is 11.5. The fourth-order valence-electron chi connectivity index (χ4n) is 5.33. The van der Waals surface area contributed by atoms with Gasteiger partial charge in [-0.2, -0.15) is 0 Å². The van der Waals surface area contributed by atoms with E-state index in [1.54, 1.807) is 0 Å². The average Bonchev–Trinajstić information content (AvgIpc) is 3.65. The lowest BCUT2D eigenvalue weighted by Gasteiger charge is -2.26. The predicted molar refractivity (Wildman–Crippen MR) is 135 cm³/mol. The second-order valence-electron chi connectivity index (χ2n) is 8.99. The Kier molecular flexibility index (Phi) is 5.00. The predicted octanol–water partition coefficient (Wildman–Crippen LogP) is 6.55. The summed E-state index contributed by atoms with van der Waals surface area (Å²) in [6.45, 7) is 3.51. The zero-order chi connectivity index (χ0) is 21.7. The molecule has 2 aromatic rings. The summed E-state index contributed by atoms with van der Waals surface area (Å²) in [4.78, 5) is 13.5. The largest absolute Gasteiger partial charge is 0.377 e. The van der Waals surface area contributed by atoms with Crippen molar-refractivity contribution < 1.29 is 9.53 Å². The van der Waals surface area contributed by atoms with Crippen molar-refractivity contribution in [1.82, 2.24) is 0 Å². The van der Waals surface area contributed by atoms with E-state index in [1.807, 2.05) is 24.4 Å². The van der Waals surface area contributed by atoms with Crippen molar-refractivity contribution in [1.29, 1.82) is 0 Å².